The van der Waals surface area contributed by atoms with E-state index in [1.165, 1.54) is 20.4 Å². The van der Waals surface area contributed by atoms with E-state index in [1.54, 1.807) is 12.1 Å². The first-order valence-corrected chi connectivity index (χ1v) is 9.50. The van der Waals surface area contributed by atoms with Crippen LogP contribution in [0.4, 0.5) is 0 Å². The zero-order valence-electron chi connectivity index (χ0n) is 17.0. The van der Waals surface area contributed by atoms with Gasteiger partial charge in [0.1, 0.15) is 5.75 Å². The molecule has 2 unspecified atom stereocenters. The van der Waals surface area contributed by atoms with Gasteiger partial charge in [-0.1, -0.05) is 26.7 Å². The van der Waals surface area contributed by atoms with Gasteiger partial charge in [0.2, 0.25) is 5.88 Å². The number of amides is 2. The summed E-state index contributed by atoms with van der Waals surface area (Å²) in [6.45, 7) is 4.06. The molecule has 2 N–H and O–H groups in total. The first-order valence-electron chi connectivity index (χ1n) is 9.50. The van der Waals surface area contributed by atoms with Gasteiger partial charge >= 0.3 is 0 Å². The predicted molar refractivity (Wildman–Crippen MR) is 102 cm³/mol. The van der Waals surface area contributed by atoms with Gasteiger partial charge in [-0.3, -0.25) is 19.3 Å². The molecule has 28 heavy (non-hydrogen) atoms. The number of carbonyl (C=O) groups is 2. The molecule has 0 aromatic carbocycles. The van der Waals surface area contributed by atoms with E-state index in [1.807, 2.05) is 13.8 Å². The van der Waals surface area contributed by atoms with Crippen LogP contribution in [0.15, 0.2) is 18.3 Å². The van der Waals surface area contributed by atoms with Crippen LogP contribution in [0.2, 0.25) is 0 Å². The van der Waals surface area contributed by atoms with Gasteiger partial charge in [-0.25, -0.2) is 15.9 Å². The molecule has 0 radical (unpaired) electrons. The lowest BCUT2D eigenvalue weighted by Crippen LogP contribution is -2.38. The number of nitrogens with one attached hydrogen (secondary N) is 2. The molecule has 0 saturated heterocycles. The molecule has 0 aliphatic heterocycles. The Bertz CT molecular complexity index is 552. The largest absolute Gasteiger partial charge is 0.480 e. The molecule has 0 fully saturated rings. The van der Waals surface area contributed by atoms with E-state index in [2.05, 4.69) is 20.8 Å². The summed E-state index contributed by atoms with van der Waals surface area (Å²) in [5.74, 6) is -0.107. The highest BCUT2D eigenvalue weighted by Crippen LogP contribution is 2.21. The lowest BCUT2D eigenvalue weighted by atomic mass is 10.1. The highest BCUT2D eigenvalue weighted by Gasteiger charge is 2.22. The highest BCUT2D eigenvalue weighted by molar-refractivity contribution is 5.80. The maximum Gasteiger partial charge on any atom is 0.284 e. The fraction of sp³-hybridized carbons (Fsp3) is 0.632. The van der Waals surface area contributed by atoms with Crippen molar-refractivity contribution in [1.82, 2.24) is 15.9 Å². The first-order chi connectivity index (χ1) is 13.5. The number of aromatic nitrogens is 1. The summed E-state index contributed by atoms with van der Waals surface area (Å²) in [5, 5.41) is 0. The third kappa shape index (κ3) is 8.53. The molecule has 0 spiro atoms. The summed E-state index contributed by atoms with van der Waals surface area (Å²) in [6.07, 6.45) is 4.61. The molecular formula is C19H31N3O6. The van der Waals surface area contributed by atoms with E-state index in [-0.39, 0.29) is 17.7 Å². The molecule has 1 heterocycles. The number of hydrogen-bond acceptors (Lipinski definition) is 7. The van der Waals surface area contributed by atoms with Crippen molar-refractivity contribution in [3.05, 3.63) is 18.3 Å². The Hall–Kier alpha value is -2.39. The topological polar surface area (TPSA) is 108 Å². The zero-order valence-corrected chi connectivity index (χ0v) is 17.0. The van der Waals surface area contributed by atoms with E-state index in [0.717, 1.165) is 25.7 Å². The third-order valence-corrected chi connectivity index (χ3v) is 3.88. The van der Waals surface area contributed by atoms with Gasteiger partial charge in [0.25, 0.3) is 11.8 Å². The van der Waals surface area contributed by atoms with Gasteiger partial charge in [0, 0.05) is 12.3 Å². The zero-order chi connectivity index (χ0) is 20.8. The maximum absolute atomic E-state index is 12.1. The average molecular weight is 397 g/mol. The minimum absolute atomic E-state index is 0.228. The molecule has 0 bridgehead atoms. The second-order valence-electron chi connectivity index (χ2n) is 6.17. The van der Waals surface area contributed by atoms with E-state index < -0.39 is 12.2 Å². The van der Waals surface area contributed by atoms with Gasteiger partial charge in [0.05, 0.1) is 14.2 Å². The Labute approximate surface area is 166 Å². The summed E-state index contributed by atoms with van der Waals surface area (Å²) in [4.78, 5) is 37.7. The van der Waals surface area contributed by atoms with Crippen molar-refractivity contribution >= 4 is 11.8 Å². The van der Waals surface area contributed by atoms with E-state index in [0.29, 0.717) is 18.6 Å². The summed E-state index contributed by atoms with van der Waals surface area (Å²) in [6, 6.07) is 3.18. The van der Waals surface area contributed by atoms with Gasteiger partial charge in [-0.15, -0.1) is 0 Å². The van der Waals surface area contributed by atoms with Crippen LogP contribution >= 0.6 is 0 Å². The minimum atomic E-state index is -0.740. The standard InChI is InChI=1S/C19H31N3O6/c1-5-7-9-15(18(23)21-25-3)27-14-11-12-20-17(13-14)28-16(10-8-6-2)19(24)22-26-4/h11-13,15-16H,5-10H2,1-4H3,(H,21,23)(H,22,24). The monoisotopic (exact) mass is 397 g/mol. The third-order valence-electron chi connectivity index (χ3n) is 3.88. The average Bonchev–Trinajstić information content (AvgIpc) is 2.69. The van der Waals surface area contributed by atoms with Crippen molar-refractivity contribution in [3.8, 4) is 11.6 Å². The van der Waals surface area contributed by atoms with Crippen LogP contribution in [0.5, 0.6) is 11.6 Å². The number of pyridine rings is 1. The van der Waals surface area contributed by atoms with Crippen LogP contribution in [-0.4, -0.2) is 43.2 Å². The van der Waals surface area contributed by atoms with Crippen LogP contribution in [0.1, 0.15) is 52.4 Å². The summed E-state index contributed by atoms with van der Waals surface area (Å²) in [7, 11) is 2.73. The quantitative estimate of drug-likeness (QED) is 0.464. The fourth-order valence-electron chi connectivity index (χ4n) is 2.44. The summed E-state index contributed by atoms with van der Waals surface area (Å²) >= 11 is 0. The lowest BCUT2D eigenvalue weighted by Gasteiger charge is -2.19. The second-order valence-corrected chi connectivity index (χ2v) is 6.17. The highest BCUT2D eigenvalue weighted by atomic mass is 16.6. The van der Waals surface area contributed by atoms with Crippen LogP contribution in [0.25, 0.3) is 0 Å². The van der Waals surface area contributed by atoms with Crippen molar-refractivity contribution in [2.75, 3.05) is 14.2 Å². The predicted octanol–water partition coefficient (Wildman–Crippen LogP) is 2.31. The van der Waals surface area contributed by atoms with Crippen molar-refractivity contribution < 1.29 is 28.7 Å². The van der Waals surface area contributed by atoms with Crippen LogP contribution < -0.4 is 20.4 Å². The Morgan fingerprint density at radius 2 is 1.50 bits per heavy atom. The number of unbranched alkanes of at least 4 members (excludes halogenated alkanes) is 2. The fourth-order valence-corrected chi connectivity index (χ4v) is 2.44. The number of nitrogens with zero attached hydrogens (tertiary/aromatic N) is 1. The van der Waals surface area contributed by atoms with E-state index in [4.69, 9.17) is 14.3 Å². The molecule has 9 heteroatoms. The summed E-state index contributed by atoms with van der Waals surface area (Å²) < 4.78 is 11.5. The molecule has 1 aromatic heterocycles. The van der Waals surface area contributed by atoms with Crippen LogP contribution in [0.3, 0.4) is 0 Å². The van der Waals surface area contributed by atoms with Gasteiger partial charge in [0.15, 0.2) is 12.2 Å². The second kappa shape index (κ2) is 13.7. The molecular weight excluding hydrogens is 366 g/mol. The number of carbonyl (C=O) groups excluding carboxylic acids is 2. The molecule has 2 amide bonds. The van der Waals surface area contributed by atoms with Crippen molar-refractivity contribution in [1.29, 1.82) is 0 Å². The molecule has 0 saturated carbocycles. The molecule has 1 aromatic rings. The molecule has 158 valence electrons. The van der Waals surface area contributed by atoms with Crippen LogP contribution in [-0.2, 0) is 19.3 Å². The number of rotatable bonds is 14. The number of hydrogen-bond donors (Lipinski definition) is 2. The van der Waals surface area contributed by atoms with Crippen molar-refractivity contribution in [2.24, 2.45) is 0 Å². The van der Waals surface area contributed by atoms with Crippen molar-refractivity contribution in [3.63, 3.8) is 0 Å². The Balaban J connectivity index is 2.86. The SMILES string of the molecule is CCCCC(Oc1ccnc(OC(CCCC)C(=O)NOC)c1)C(=O)NOC. The first kappa shape index (κ1) is 23.6. The Morgan fingerprint density at radius 1 is 0.964 bits per heavy atom. The number of ether oxygens (including phenoxy) is 2. The molecule has 2 atom stereocenters. The van der Waals surface area contributed by atoms with E-state index in [9.17, 15) is 9.59 Å². The maximum atomic E-state index is 12.1. The summed E-state index contributed by atoms with van der Waals surface area (Å²) in [5.41, 5.74) is 4.58. The van der Waals surface area contributed by atoms with Gasteiger partial charge in [-0.2, -0.15) is 0 Å². The minimum Gasteiger partial charge on any atom is -0.480 e. The van der Waals surface area contributed by atoms with Crippen LogP contribution in [0, 0.1) is 0 Å². The normalized spacial score (nSPS) is 12.7. The molecule has 1 rings (SSSR count). The van der Waals surface area contributed by atoms with Gasteiger partial charge in [-0.05, 0) is 31.7 Å². The smallest absolute Gasteiger partial charge is 0.284 e. The number of hydroxylamine groups is 2. The Morgan fingerprint density at radius 3 is 2.00 bits per heavy atom. The van der Waals surface area contributed by atoms with E-state index >= 15 is 0 Å². The molecule has 0 aliphatic carbocycles. The molecule has 9 nitrogen and oxygen atoms in total. The van der Waals surface area contributed by atoms with Gasteiger partial charge < -0.3 is 9.47 Å². The van der Waals surface area contributed by atoms with Crippen molar-refractivity contribution in [2.45, 2.75) is 64.6 Å². The Kier molecular flexibility index (Phi) is 11.6. The molecule has 0 aliphatic rings. The lowest BCUT2D eigenvalue weighted by molar-refractivity contribution is -0.139.